The number of benzene rings is 3. The number of hydrogen-bond donors (Lipinski definition) is 3. The van der Waals surface area contributed by atoms with Gasteiger partial charge in [0, 0.05) is 10.6 Å². The van der Waals surface area contributed by atoms with Crippen molar-refractivity contribution in [2.24, 2.45) is 10.9 Å². The van der Waals surface area contributed by atoms with Gasteiger partial charge in [-0.15, -0.1) is 5.10 Å². The minimum absolute atomic E-state index is 0.0320. The lowest BCUT2D eigenvalue weighted by Crippen LogP contribution is -2.40. The lowest BCUT2D eigenvalue weighted by atomic mass is 9.95. The van der Waals surface area contributed by atoms with Crippen LogP contribution in [0, 0.1) is 5.92 Å². The number of halogens is 1. The summed E-state index contributed by atoms with van der Waals surface area (Å²) in [5.41, 5.74) is 18.3. The lowest BCUT2D eigenvalue weighted by Gasteiger charge is -2.33. The first-order chi connectivity index (χ1) is 18.9. The predicted octanol–water partition coefficient (Wildman–Crippen LogP) is 4.81. The molecule has 3 aromatic carbocycles. The topological polar surface area (TPSA) is 134 Å². The van der Waals surface area contributed by atoms with Gasteiger partial charge in [-0.05, 0) is 58.9 Å². The van der Waals surface area contributed by atoms with E-state index in [4.69, 9.17) is 37.5 Å². The monoisotopic (exact) mass is 544 g/mol. The standard InChI is InChI=1S/C29H29ClN6O3/c1-16-10-22(15-38-26(16)14-37)39-27-12-20-11-24(30)23(13-25(20)33-27)19-4-2-17(3-5-19)18-6-8-21(9-7-18)36-29(32)34-28(31)35-36/h2-9,11,13,16,22,26,37H,10,12,14-15H2,1H3,(H4,31,32,34,35)/t16-,22+,26+/m0/s1. The van der Waals surface area contributed by atoms with Crippen LogP contribution in [0.15, 0.2) is 65.7 Å². The molecule has 4 aromatic rings. The normalized spacial score (nSPS) is 20.5. The molecule has 39 heavy (non-hydrogen) atoms. The zero-order valence-electron chi connectivity index (χ0n) is 21.4. The average molecular weight is 545 g/mol. The molecule has 0 bridgehead atoms. The van der Waals surface area contributed by atoms with Gasteiger partial charge in [0.2, 0.25) is 11.9 Å². The Morgan fingerprint density at radius 2 is 1.74 bits per heavy atom. The Balaban J connectivity index is 1.17. The van der Waals surface area contributed by atoms with Crippen molar-refractivity contribution in [2.75, 3.05) is 24.7 Å². The Hall–Kier alpha value is -3.92. The highest BCUT2D eigenvalue weighted by atomic mass is 35.5. The summed E-state index contributed by atoms with van der Waals surface area (Å²) < 4.78 is 13.4. The summed E-state index contributed by atoms with van der Waals surface area (Å²) in [6, 6.07) is 20.1. The fraction of sp³-hybridized carbons (Fsp3) is 0.276. The number of aliphatic imine (C=N–C) groups is 1. The molecule has 0 unspecified atom stereocenters. The zero-order chi connectivity index (χ0) is 27.1. The number of nitrogens with two attached hydrogens (primary N) is 2. The van der Waals surface area contributed by atoms with E-state index < -0.39 is 0 Å². The zero-order valence-corrected chi connectivity index (χ0v) is 22.2. The van der Waals surface area contributed by atoms with Crippen LogP contribution in [0.5, 0.6) is 0 Å². The SMILES string of the molecule is C[C@H]1C[C@@H](OC2=Nc3cc(-c4ccc(-c5ccc(-n6nc(N)nc6N)cc5)cc4)c(Cl)cc3C2)CO[C@@H]1CO. The number of aliphatic hydroxyl groups excluding tert-OH is 1. The second kappa shape index (κ2) is 10.3. The van der Waals surface area contributed by atoms with Crippen molar-refractivity contribution < 1.29 is 14.6 Å². The van der Waals surface area contributed by atoms with Gasteiger partial charge >= 0.3 is 0 Å². The Morgan fingerprint density at radius 3 is 2.38 bits per heavy atom. The maximum absolute atomic E-state index is 9.41. The molecule has 1 aromatic heterocycles. The second-order valence-corrected chi connectivity index (χ2v) is 10.4. The van der Waals surface area contributed by atoms with Crippen molar-refractivity contribution in [1.82, 2.24) is 14.8 Å². The third-order valence-corrected chi connectivity index (χ3v) is 7.61. The highest BCUT2D eigenvalue weighted by Crippen LogP contribution is 2.38. The van der Waals surface area contributed by atoms with E-state index in [1.807, 2.05) is 36.4 Å². The van der Waals surface area contributed by atoms with Gasteiger partial charge in [0.15, 0.2) is 5.90 Å². The Morgan fingerprint density at radius 1 is 1.05 bits per heavy atom. The van der Waals surface area contributed by atoms with E-state index in [0.29, 0.717) is 23.9 Å². The molecule has 0 aliphatic carbocycles. The quantitative estimate of drug-likeness (QED) is 0.328. The van der Waals surface area contributed by atoms with E-state index in [2.05, 4.69) is 41.3 Å². The van der Waals surface area contributed by atoms with Crippen LogP contribution < -0.4 is 11.5 Å². The number of hydrogen-bond acceptors (Lipinski definition) is 8. The molecule has 3 atom stereocenters. The van der Waals surface area contributed by atoms with Crippen LogP contribution in [0.2, 0.25) is 5.02 Å². The van der Waals surface area contributed by atoms with Crippen molar-refractivity contribution in [3.8, 4) is 27.9 Å². The van der Waals surface area contributed by atoms with E-state index >= 15 is 0 Å². The maximum Gasteiger partial charge on any atom is 0.241 e. The van der Waals surface area contributed by atoms with E-state index in [1.54, 1.807) is 0 Å². The van der Waals surface area contributed by atoms with Crippen LogP contribution in [-0.4, -0.2) is 51.2 Å². The molecule has 5 N–H and O–H groups in total. The molecule has 1 saturated heterocycles. The number of aromatic nitrogens is 3. The number of nitrogen functional groups attached to an aromatic ring is 2. The first kappa shape index (κ1) is 25.4. The molecule has 2 aliphatic heterocycles. The molecule has 1 fully saturated rings. The molecule has 6 rings (SSSR count). The molecule has 2 aliphatic rings. The summed E-state index contributed by atoms with van der Waals surface area (Å²) >= 11 is 6.71. The number of anilines is 2. The van der Waals surface area contributed by atoms with Crippen molar-refractivity contribution in [1.29, 1.82) is 0 Å². The third-order valence-electron chi connectivity index (χ3n) is 7.29. The molecule has 10 heteroatoms. The van der Waals surface area contributed by atoms with Crippen LogP contribution in [0.4, 0.5) is 17.6 Å². The average Bonchev–Trinajstić information content (AvgIpc) is 3.49. The summed E-state index contributed by atoms with van der Waals surface area (Å²) in [4.78, 5) is 8.69. The maximum atomic E-state index is 9.41. The molecule has 3 heterocycles. The third kappa shape index (κ3) is 5.08. The highest BCUT2D eigenvalue weighted by molar-refractivity contribution is 6.33. The number of fused-ring (bicyclic) bond motifs is 1. The van der Waals surface area contributed by atoms with E-state index in [0.717, 1.165) is 45.6 Å². The summed E-state index contributed by atoms with van der Waals surface area (Å²) in [5.74, 6) is 1.28. The van der Waals surface area contributed by atoms with Gasteiger partial charge in [-0.3, -0.25) is 0 Å². The van der Waals surface area contributed by atoms with Gasteiger partial charge in [-0.25, -0.2) is 4.99 Å². The van der Waals surface area contributed by atoms with Crippen molar-refractivity contribution in [2.45, 2.75) is 32.0 Å². The fourth-order valence-corrected chi connectivity index (χ4v) is 5.48. The van der Waals surface area contributed by atoms with Crippen LogP contribution in [-0.2, 0) is 15.9 Å². The summed E-state index contributed by atoms with van der Waals surface area (Å²) in [6.45, 7) is 2.55. The van der Waals surface area contributed by atoms with Crippen LogP contribution in [0.1, 0.15) is 18.9 Å². The molecule has 200 valence electrons. The smallest absolute Gasteiger partial charge is 0.241 e. The summed E-state index contributed by atoms with van der Waals surface area (Å²) in [5, 5.41) is 14.2. The minimum atomic E-state index is -0.126. The van der Waals surface area contributed by atoms with E-state index in [1.165, 1.54) is 4.68 Å². The predicted molar refractivity (Wildman–Crippen MR) is 152 cm³/mol. The number of ether oxygens (including phenoxy) is 2. The van der Waals surface area contributed by atoms with Gasteiger partial charge in [-0.1, -0.05) is 54.9 Å². The van der Waals surface area contributed by atoms with Crippen molar-refractivity contribution >= 4 is 35.1 Å². The Bertz CT molecular complexity index is 1530. The highest BCUT2D eigenvalue weighted by Gasteiger charge is 2.30. The van der Waals surface area contributed by atoms with E-state index in [9.17, 15) is 5.11 Å². The van der Waals surface area contributed by atoms with Gasteiger partial charge < -0.3 is 26.0 Å². The largest absolute Gasteiger partial charge is 0.475 e. The van der Waals surface area contributed by atoms with Crippen molar-refractivity contribution in [3.63, 3.8) is 0 Å². The molecule has 0 amide bonds. The summed E-state index contributed by atoms with van der Waals surface area (Å²) in [7, 11) is 0. The lowest BCUT2D eigenvalue weighted by molar-refractivity contribution is -0.0978. The van der Waals surface area contributed by atoms with Crippen LogP contribution >= 0.6 is 11.6 Å². The molecule has 0 saturated carbocycles. The van der Waals surface area contributed by atoms with Gasteiger partial charge in [0.25, 0.3) is 0 Å². The van der Waals surface area contributed by atoms with Gasteiger partial charge in [0.1, 0.15) is 6.10 Å². The summed E-state index contributed by atoms with van der Waals surface area (Å²) in [6.07, 6.45) is 1.23. The first-order valence-electron chi connectivity index (χ1n) is 12.9. The molecule has 9 nitrogen and oxygen atoms in total. The number of aliphatic hydroxyl groups is 1. The van der Waals surface area contributed by atoms with Crippen LogP contribution in [0.25, 0.3) is 27.9 Å². The molecular weight excluding hydrogens is 516 g/mol. The molecule has 0 spiro atoms. The number of rotatable bonds is 5. The Kier molecular flexibility index (Phi) is 6.72. The van der Waals surface area contributed by atoms with Crippen LogP contribution in [0.3, 0.4) is 0 Å². The first-order valence-corrected chi connectivity index (χ1v) is 13.2. The molecular formula is C29H29ClN6O3. The van der Waals surface area contributed by atoms with Gasteiger partial charge in [-0.2, -0.15) is 9.67 Å². The Labute approximate surface area is 231 Å². The second-order valence-electron chi connectivity index (χ2n) is 10.0. The minimum Gasteiger partial charge on any atom is -0.475 e. The van der Waals surface area contributed by atoms with Gasteiger partial charge in [0.05, 0.1) is 37.1 Å². The van der Waals surface area contributed by atoms with E-state index in [-0.39, 0.29) is 36.6 Å². The molecule has 0 radical (unpaired) electrons. The van der Waals surface area contributed by atoms with Crippen molar-refractivity contribution in [3.05, 3.63) is 71.2 Å². The number of nitrogens with zero attached hydrogens (tertiary/aromatic N) is 4. The fourth-order valence-electron chi connectivity index (χ4n) is 5.18.